The Morgan fingerprint density at radius 1 is 1.64 bits per heavy atom. The van der Waals surface area contributed by atoms with Gasteiger partial charge in [0.1, 0.15) is 11.3 Å². The normalized spacial score (nSPS) is 12.2. The molecule has 0 aliphatic carbocycles. The molecule has 0 spiro atoms. The number of imidazole rings is 1. The highest BCUT2D eigenvalue weighted by Crippen LogP contribution is 2.08. The van der Waals surface area contributed by atoms with E-state index in [0.717, 1.165) is 11.2 Å². The van der Waals surface area contributed by atoms with Gasteiger partial charge >= 0.3 is 0 Å². The number of pyridine rings is 1. The van der Waals surface area contributed by atoms with Crippen molar-refractivity contribution >= 4 is 11.5 Å². The fraction of sp³-hybridized carbons (Fsp3) is 0.111. The largest absolute Gasteiger partial charge is 0.409 e. The van der Waals surface area contributed by atoms with E-state index in [2.05, 4.69) is 10.1 Å². The van der Waals surface area contributed by atoms with Crippen LogP contribution in [0.3, 0.4) is 0 Å². The van der Waals surface area contributed by atoms with Gasteiger partial charge in [-0.05, 0) is 24.6 Å². The lowest BCUT2D eigenvalue weighted by Gasteiger charge is -1.99. The first-order chi connectivity index (χ1) is 6.72. The number of rotatable bonds is 1. The number of amidine groups is 1. The van der Waals surface area contributed by atoms with Crippen molar-refractivity contribution in [2.45, 2.75) is 6.92 Å². The minimum Gasteiger partial charge on any atom is -0.409 e. The standard InChI is InChI=1S/C9H10N4O/c1-6-2-3-13-7(9(10)12-14)5-11-8(13)4-6/h2-5,14H,1H3,(H2,10,12). The van der Waals surface area contributed by atoms with Crippen LogP contribution in [0.25, 0.3) is 5.65 Å². The molecule has 5 heteroatoms. The van der Waals surface area contributed by atoms with Gasteiger partial charge in [-0.15, -0.1) is 0 Å². The molecule has 0 radical (unpaired) electrons. The van der Waals surface area contributed by atoms with Gasteiger partial charge in [0.15, 0.2) is 5.84 Å². The highest BCUT2D eigenvalue weighted by molar-refractivity contribution is 5.96. The van der Waals surface area contributed by atoms with Crippen molar-refractivity contribution in [2.75, 3.05) is 0 Å². The molecule has 0 saturated carbocycles. The number of aryl methyl sites for hydroxylation is 1. The van der Waals surface area contributed by atoms with E-state index in [0.29, 0.717) is 5.69 Å². The van der Waals surface area contributed by atoms with Crippen molar-refractivity contribution in [1.29, 1.82) is 0 Å². The zero-order valence-electron chi connectivity index (χ0n) is 7.68. The van der Waals surface area contributed by atoms with E-state index in [-0.39, 0.29) is 5.84 Å². The van der Waals surface area contributed by atoms with Crippen molar-refractivity contribution in [3.05, 3.63) is 35.8 Å². The fourth-order valence-corrected chi connectivity index (χ4v) is 1.32. The summed E-state index contributed by atoms with van der Waals surface area (Å²) in [5.41, 5.74) is 7.97. The molecule has 0 aliphatic rings. The summed E-state index contributed by atoms with van der Waals surface area (Å²) in [7, 11) is 0. The third-order valence-corrected chi connectivity index (χ3v) is 2.04. The van der Waals surface area contributed by atoms with Gasteiger partial charge < -0.3 is 10.9 Å². The van der Waals surface area contributed by atoms with Crippen LogP contribution >= 0.6 is 0 Å². The van der Waals surface area contributed by atoms with Gasteiger partial charge in [0.2, 0.25) is 0 Å². The summed E-state index contributed by atoms with van der Waals surface area (Å²) < 4.78 is 1.77. The Balaban J connectivity index is 2.70. The van der Waals surface area contributed by atoms with Crippen LogP contribution in [0.4, 0.5) is 0 Å². The number of aromatic nitrogens is 2. The smallest absolute Gasteiger partial charge is 0.188 e. The molecule has 0 saturated heterocycles. The van der Waals surface area contributed by atoms with Crippen molar-refractivity contribution in [1.82, 2.24) is 9.38 Å². The first-order valence-electron chi connectivity index (χ1n) is 4.14. The monoisotopic (exact) mass is 190 g/mol. The average Bonchev–Trinajstić information content (AvgIpc) is 2.59. The maximum atomic E-state index is 8.54. The lowest BCUT2D eigenvalue weighted by Crippen LogP contribution is -2.15. The summed E-state index contributed by atoms with van der Waals surface area (Å²) in [5, 5.41) is 11.5. The van der Waals surface area contributed by atoms with Gasteiger partial charge in [0.05, 0.1) is 6.20 Å². The number of hydrogen-bond donors (Lipinski definition) is 2. The molecule has 0 unspecified atom stereocenters. The van der Waals surface area contributed by atoms with E-state index in [1.54, 1.807) is 10.6 Å². The lowest BCUT2D eigenvalue weighted by atomic mass is 10.3. The number of hydrogen-bond acceptors (Lipinski definition) is 3. The predicted molar refractivity (Wildman–Crippen MR) is 52.4 cm³/mol. The van der Waals surface area contributed by atoms with Gasteiger partial charge in [-0.3, -0.25) is 4.40 Å². The Labute approximate surface area is 80.5 Å². The summed E-state index contributed by atoms with van der Waals surface area (Å²) in [6.45, 7) is 1.98. The van der Waals surface area contributed by atoms with Crippen LogP contribution in [0.5, 0.6) is 0 Å². The topological polar surface area (TPSA) is 75.9 Å². The van der Waals surface area contributed by atoms with E-state index in [1.165, 1.54) is 0 Å². The molecule has 2 heterocycles. The number of nitrogens with zero attached hydrogens (tertiary/aromatic N) is 3. The molecular weight excluding hydrogens is 180 g/mol. The second kappa shape index (κ2) is 3.02. The van der Waals surface area contributed by atoms with E-state index in [1.807, 2.05) is 25.3 Å². The maximum absolute atomic E-state index is 8.54. The summed E-state index contributed by atoms with van der Waals surface area (Å²) in [4.78, 5) is 4.14. The molecule has 0 bridgehead atoms. The number of oxime groups is 1. The molecule has 0 atom stereocenters. The number of fused-ring (bicyclic) bond motifs is 1. The Morgan fingerprint density at radius 2 is 2.43 bits per heavy atom. The zero-order chi connectivity index (χ0) is 10.1. The highest BCUT2D eigenvalue weighted by Gasteiger charge is 2.06. The van der Waals surface area contributed by atoms with Crippen LogP contribution < -0.4 is 5.73 Å². The van der Waals surface area contributed by atoms with Crippen molar-refractivity contribution in [3.63, 3.8) is 0 Å². The predicted octanol–water partition coefficient (Wildman–Crippen LogP) is 0.737. The summed E-state index contributed by atoms with van der Waals surface area (Å²) in [6.07, 6.45) is 3.41. The van der Waals surface area contributed by atoms with Crippen molar-refractivity contribution in [3.8, 4) is 0 Å². The van der Waals surface area contributed by atoms with Crippen LogP contribution in [-0.2, 0) is 0 Å². The van der Waals surface area contributed by atoms with Crippen LogP contribution in [0, 0.1) is 6.92 Å². The maximum Gasteiger partial charge on any atom is 0.188 e. The Kier molecular flexibility index (Phi) is 1.85. The van der Waals surface area contributed by atoms with Gasteiger partial charge in [-0.25, -0.2) is 4.98 Å². The first kappa shape index (κ1) is 8.55. The molecule has 5 nitrogen and oxygen atoms in total. The molecule has 14 heavy (non-hydrogen) atoms. The summed E-state index contributed by atoms with van der Waals surface area (Å²) in [6, 6.07) is 3.86. The van der Waals surface area contributed by atoms with Crippen LogP contribution in [0.2, 0.25) is 0 Å². The molecule has 0 aromatic carbocycles. The van der Waals surface area contributed by atoms with Crippen molar-refractivity contribution in [2.24, 2.45) is 10.9 Å². The SMILES string of the molecule is Cc1ccn2c(/C(N)=N\O)cnc2c1. The Hall–Kier alpha value is -2.04. The third kappa shape index (κ3) is 1.19. The minimum atomic E-state index is 0.0568. The lowest BCUT2D eigenvalue weighted by molar-refractivity contribution is 0.318. The van der Waals surface area contributed by atoms with E-state index in [9.17, 15) is 0 Å². The van der Waals surface area contributed by atoms with E-state index < -0.39 is 0 Å². The molecule has 0 amide bonds. The third-order valence-electron chi connectivity index (χ3n) is 2.04. The van der Waals surface area contributed by atoms with Gasteiger partial charge in [-0.1, -0.05) is 5.16 Å². The van der Waals surface area contributed by atoms with E-state index >= 15 is 0 Å². The molecular formula is C9H10N4O. The Bertz CT molecular complexity index is 500. The van der Waals surface area contributed by atoms with Crippen LogP contribution in [0.1, 0.15) is 11.3 Å². The second-order valence-corrected chi connectivity index (χ2v) is 3.06. The molecule has 0 fully saturated rings. The molecule has 0 aliphatic heterocycles. The number of nitrogens with two attached hydrogens (primary N) is 1. The van der Waals surface area contributed by atoms with Crippen molar-refractivity contribution < 1.29 is 5.21 Å². The molecule has 2 aromatic heterocycles. The first-order valence-corrected chi connectivity index (χ1v) is 4.14. The molecule has 72 valence electrons. The quantitative estimate of drug-likeness (QED) is 0.301. The van der Waals surface area contributed by atoms with Gasteiger partial charge in [-0.2, -0.15) is 0 Å². The second-order valence-electron chi connectivity index (χ2n) is 3.06. The van der Waals surface area contributed by atoms with Crippen LogP contribution in [-0.4, -0.2) is 20.4 Å². The summed E-state index contributed by atoms with van der Waals surface area (Å²) in [5.74, 6) is 0.0568. The highest BCUT2D eigenvalue weighted by atomic mass is 16.4. The molecule has 2 aromatic rings. The zero-order valence-corrected chi connectivity index (χ0v) is 7.68. The Morgan fingerprint density at radius 3 is 3.14 bits per heavy atom. The molecule has 3 N–H and O–H groups in total. The average molecular weight is 190 g/mol. The van der Waals surface area contributed by atoms with Crippen LogP contribution in [0.15, 0.2) is 29.7 Å². The minimum absolute atomic E-state index is 0.0568. The fourth-order valence-electron chi connectivity index (χ4n) is 1.32. The van der Waals surface area contributed by atoms with Gasteiger partial charge in [0.25, 0.3) is 0 Å². The van der Waals surface area contributed by atoms with Gasteiger partial charge in [0, 0.05) is 6.20 Å². The van der Waals surface area contributed by atoms with E-state index in [4.69, 9.17) is 10.9 Å². The molecule has 2 rings (SSSR count). The summed E-state index contributed by atoms with van der Waals surface area (Å²) >= 11 is 0.